The van der Waals surface area contributed by atoms with Crippen molar-refractivity contribution in [3.63, 3.8) is 0 Å². The van der Waals surface area contributed by atoms with Crippen molar-refractivity contribution >= 4 is 28.0 Å². The van der Waals surface area contributed by atoms with Crippen molar-refractivity contribution in [2.24, 2.45) is 0 Å². The maximum Gasteiger partial charge on any atom is 0.136 e. The van der Waals surface area contributed by atoms with E-state index in [1.807, 2.05) is 6.07 Å². The smallest absolute Gasteiger partial charge is 0.136 e. The SMILES string of the molecule is c1ccc(-c2cc3ccc(N(c4ccc5c(c4)C(c4ccccc4)(c4ccccc4)c4ccccc4-5)c4ccc5c(c4)C(c4ccccc4)(c4ccccc4)c4ccccc4-5)cc3o2)cc1. The van der Waals surface area contributed by atoms with Crippen LogP contribution in [0, 0.1) is 0 Å². The van der Waals surface area contributed by atoms with Crippen molar-refractivity contribution in [2.45, 2.75) is 10.8 Å². The number of fused-ring (bicyclic) bond motifs is 7. The summed E-state index contributed by atoms with van der Waals surface area (Å²) in [7, 11) is 0. The van der Waals surface area contributed by atoms with Crippen molar-refractivity contribution in [3.8, 4) is 33.6 Å². The maximum atomic E-state index is 6.72. The third kappa shape index (κ3) is 5.55. The number of hydrogen-bond acceptors (Lipinski definition) is 2. The first-order valence-electron chi connectivity index (χ1n) is 22.8. The third-order valence-electron chi connectivity index (χ3n) is 14.2. The highest BCUT2D eigenvalue weighted by Gasteiger charge is 2.48. The Morgan fingerprint density at radius 1 is 0.288 bits per heavy atom. The van der Waals surface area contributed by atoms with E-state index in [0.717, 1.165) is 39.4 Å². The van der Waals surface area contributed by atoms with Crippen LogP contribution in [0.15, 0.2) is 265 Å². The van der Waals surface area contributed by atoms with E-state index < -0.39 is 10.8 Å². The fourth-order valence-corrected chi connectivity index (χ4v) is 11.5. The van der Waals surface area contributed by atoms with Gasteiger partial charge < -0.3 is 9.32 Å². The van der Waals surface area contributed by atoms with Crippen LogP contribution in [0.5, 0.6) is 0 Å². The normalized spacial score (nSPS) is 13.7. The van der Waals surface area contributed by atoms with Crippen LogP contribution < -0.4 is 4.90 Å². The van der Waals surface area contributed by atoms with Gasteiger partial charge in [-0.25, -0.2) is 0 Å². The van der Waals surface area contributed by atoms with E-state index in [1.165, 1.54) is 66.8 Å². The predicted molar refractivity (Wildman–Crippen MR) is 271 cm³/mol. The molecule has 0 saturated carbocycles. The predicted octanol–water partition coefficient (Wildman–Crippen LogP) is 16.3. The minimum Gasteiger partial charge on any atom is -0.456 e. The molecule has 10 aromatic carbocycles. The molecule has 1 aromatic heterocycles. The quantitative estimate of drug-likeness (QED) is 0.152. The Kier molecular flexibility index (Phi) is 8.69. The van der Waals surface area contributed by atoms with E-state index in [1.54, 1.807) is 0 Å². The van der Waals surface area contributed by atoms with Gasteiger partial charge in [-0.1, -0.05) is 212 Å². The molecule has 2 aliphatic rings. The summed E-state index contributed by atoms with van der Waals surface area (Å²) in [5.41, 5.74) is 19.0. The van der Waals surface area contributed by atoms with Crippen molar-refractivity contribution in [1.29, 1.82) is 0 Å². The molecule has 11 aromatic rings. The molecule has 0 amide bonds. The van der Waals surface area contributed by atoms with Crippen LogP contribution in [0.25, 0.3) is 44.5 Å². The van der Waals surface area contributed by atoms with Crippen LogP contribution in [-0.2, 0) is 10.8 Å². The second kappa shape index (κ2) is 15.1. The van der Waals surface area contributed by atoms with E-state index in [2.05, 4.69) is 260 Å². The summed E-state index contributed by atoms with van der Waals surface area (Å²) in [5.74, 6) is 0.853. The maximum absolute atomic E-state index is 6.72. The van der Waals surface area contributed by atoms with Crippen LogP contribution in [0.4, 0.5) is 17.1 Å². The highest BCUT2D eigenvalue weighted by molar-refractivity contribution is 5.94. The van der Waals surface area contributed by atoms with Gasteiger partial charge in [0.05, 0.1) is 10.8 Å². The lowest BCUT2D eigenvalue weighted by atomic mass is 9.67. The van der Waals surface area contributed by atoms with Crippen LogP contribution in [-0.4, -0.2) is 0 Å². The zero-order valence-corrected chi connectivity index (χ0v) is 36.2. The molecule has 0 spiro atoms. The minimum absolute atomic E-state index is 0.555. The topological polar surface area (TPSA) is 16.4 Å². The summed E-state index contributed by atoms with van der Waals surface area (Å²) in [6.45, 7) is 0. The number of nitrogens with zero attached hydrogens (tertiary/aromatic N) is 1. The second-order valence-electron chi connectivity index (χ2n) is 17.5. The summed E-state index contributed by atoms with van der Waals surface area (Å²) in [4.78, 5) is 2.44. The highest BCUT2D eigenvalue weighted by Crippen LogP contribution is 2.59. The third-order valence-corrected chi connectivity index (χ3v) is 14.2. The van der Waals surface area contributed by atoms with Gasteiger partial charge in [0.1, 0.15) is 11.3 Å². The van der Waals surface area contributed by atoms with Gasteiger partial charge in [0.15, 0.2) is 0 Å². The number of rotatable bonds is 8. The van der Waals surface area contributed by atoms with Gasteiger partial charge in [0.25, 0.3) is 0 Å². The highest BCUT2D eigenvalue weighted by atomic mass is 16.3. The molecule has 2 nitrogen and oxygen atoms in total. The molecule has 0 atom stereocenters. The van der Waals surface area contributed by atoms with Crippen molar-refractivity contribution in [3.05, 3.63) is 305 Å². The monoisotopic (exact) mass is 841 g/mol. The van der Waals surface area contributed by atoms with Crippen molar-refractivity contribution < 1.29 is 4.42 Å². The van der Waals surface area contributed by atoms with E-state index in [-0.39, 0.29) is 0 Å². The summed E-state index contributed by atoms with van der Waals surface area (Å²) in [5, 5.41) is 1.06. The van der Waals surface area contributed by atoms with Crippen LogP contribution in [0.3, 0.4) is 0 Å². The van der Waals surface area contributed by atoms with Gasteiger partial charge in [-0.05, 0) is 109 Å². The molecule has 0 N–H and O–H groups in total. The molecule has 0 bridgehead atoms. The molecule has 1 heterocycles. The van der Waals surface area contributed by atoms with E-state index in [4.69, 9.17) is 4.42 Å². The Bertz CT molecular complexity index is 3320. The Hall–Kier alpha value is -8.46. The number of benzene rings is 10. The van der Waals surface area contributed by atoms with Crippen LogP contribution >= 0.6 is 0 Å². The largest absolute Gasteiger partial charge is 0.456 e. The molecular formula is C64H43NO. The Morgan fingerprint density at radius 3 is 1.11 bits per heavy atom. The standard InChI is InChI=1S/C64H43NO/c1-6-20-44(21-7-1)61-40-45-34-35-52(43-62(45)66-61)65(50-36-38-55-53-30-16-18-32-57(53)63(59(55)41-50,46-22-8-2-9-23-46)47-24-10-3-11-25-47)51-37-39-56-54-31-17-19-33-58(54)64(60(56)42-51,48-26-12-4-13-27-48)49-28-14-5-15-29-49/h1-43H. The van der Waals surface area contributed by atoms with Gasteiger partial charge in [-0.2, -0.15) is 0 Å². The summed E-state index contributed by atoms with van der Waals surface area (Å²) < 4.78 is 6.72. The molecule has 13 rings (SSSR count). The van der Waals surface area contributed by atoms with Gasteiger partial charge in [-0.15, -0.1) is 0 Å². The number of anilines is 3. The Morgan fingerprint density at radius 2 is 0.652 bits per heavy atom. The summed E-state index contributed by atoms with van der Waals surface area (Å²) >= 11 is 0. The summed E-state index contributed by atoms with van der Waals surface area (Å²) in [6, 6.07) is 95.6. The first-order chi connectivity index (χ1) is 32.7. The zero-order valence-electron chi connectivity index (χ0n) is 36.2. The molecule has 0 saturated heterocycles. The van der Waals surface area contributed by atoms with E-state index in [0.29, 0.717) is 0 Å². The fourth-order valence-electron chi connectivity index (χ4n) is 11.5. The molecule has 0 unspecified atom stereocenters. The van der Waals surface area contributed by atoms with E-state index in [9.17, 15) is 0 Å². The molecule has 0 fully saturated rings. The lowest BCUT2D eigenvalue weighted by molar-refractivity contribution is 0.631. The molecule has 310 valence electrons. The Labute approximate surface area is 385 Å². The molecular weight excluding hydrogens is 799 g/mol. The molecule has 0 aliphatic heterocycles. The summed E-state index contributed by atoms with van der Waals surface area (Å²) in [6.07, 6.45) is 0. The number of hydrogen-bond donors (Lipinski definition) is 0. The van der Waals surface area contributed by atoms with Gasteiger partial charge in [-0.3, -0.25) is 0 Å². The number of furan rings is 1. The molecule has 0 radical (unpaired) electrons. The second-order valence-corrected chi connectivity index (χ2v) is 17.5. The van der Waals surface area contributed by atoms with Gasteiger partial charge in [0, 0.05) is 34.1 Å². The van der Waals surface area contributed by atoms with E-state index >= 15 is 0 Å². The van der Waals surface area contributed by atoms with Gasteiger partial charge >= 0.3 is 0 Å². The van der Waals surface area contributed by atoms with Gasteiger partial charge in [0.2, 0.25) is 0 Å². The minimum atomic E-state index is -0.555. The molecule has 66 heavy (non-hydrogen) atoms. The first-order valence-corrected chi connectivity index (χ1v) is 22.8. The average Bonchev–Trinajstić information content (AvgIpc) is 4.05. The fraction of sp³-hybridized carbons (Fsp3) is 0.0312. The lowest BCUT2D eigenvalue weighted by Gasteiger charge is -2.36. The van der Waals surface area contributed by atoms with Crippen molar-refractivity contribution in [1.82, 2.24) is 0 Å². The van der Waals surface area contributed by atoms with Crippen LogP contribution in [0.2, 0.25) is 0 Å². The van der Waals surface area contributed by atoms with Crippen LogP contribution in [0.1, 0.15) is 44.5 Å². The zero-order chi connectivity index (χ0) is 43.7. The average molecular weight is 842 g/mol. The molecule has 2 aliphatic carbocycles. The molecule has 2 heteroatoms. The van der Waals surface area contributed by atoms with Crippen molar-refractivity contribution in [2.75, 3.05) is 4.90 Å². The Balaban J connectivity index is 1.09. The first kappa shape index (κ1) is 38.0. The lowest BCUT2D eigenvalue weighted by Crippen LogP contribution is -2.29.